The zero-order valence-corrected chi connectivity index (χ0v) is 11.6. The third-order valence-corrected chi connectivity index (χ3v) is 4.77. The number of rotatable bonds is 4. The van der Waals surface area contributed by atoms with Gasteiger partial charge in [0.1, 0.15) is 6.61 Å². The van der Waals surface area contributed by atoms with Crippen molar-refractivity contribution in [1.29, 1.82) is 0 Å². The first kappa shape index (κ1) is 14.5. The molecule has 0 atom stereocenters. The molecule has 0 spiro atoms. The fourth-order valence-electron chi connectivity index (χ4n) is 2.16. The predicted octanol–water partition coefficient (Wildman–Crippen LogP) is 4.34. The lowest BCUT2D eigenvalue weighted by Gasteiger charge is -2.39. The number of ether oxygens (including phenoxy) is 1. The molecular formula is C11H18F3IO. The molecule has 0 aliphatic heterocycles. The first-order valence-electron chi connectivity index (χ1n) is 5.67. The summed E-state index contributed by atoms with van der Waals surface area (Å²) < 4.78 is 42.2. The first-order chi connectivity index (χ1) is 7.41. The Hall–Kier alpha value is 0.480. The summed E-state index contributed by atoms with van der Waals surface area (Å²) in [7, 11) is 0. The van der Waals surface area contributed by atoms with Gasteiger partial charge in [-0.2, -0.15) is 13.2 Å². The Kier molecular flexibility index (Phi) is 5.35. The maximum absolute atomic E-state index is 12.1. The minimum atomic E-state index is -4.21. The van der Waals surface area contributed by atoms with E-state index in [-0.39, 0.29) is 0 Å². The number of alkyl halides is 4. The second-order valence-corrected chi connectivity index (χ2v) is 5.33. The van der Waals surface area contributed by atoms with Crippen molar-refractivity contribution < 1.29 is 17.9 Å². The second-order valence-electron chi connectivity index (χ2n) is 4.57. The van der Waals surface area contributed by atoms with Crippen molar-refractivity contribution in [3.8, 4) is 0 Å². The van der Waals surface area contributed by atoms with Crippen LogP contribution in [0.4, 0.5) is 13.2 Å². The molecule has 1 aliphatic rings. The molecule has 0 amide bonds. The van der Waals surface area contributed by atoms with E-state index < -0.39 is 18.4 Å². The minimum Gasteiger partial charge on any atom is -0.365 e. The van der Waals surface area contributed by atoms with Gasteiger partial charge in [-0.3, -0.25) is 0 Å². The van der Waals surface area contributed by atoms with E-state index in [2.05, 4.69) is 29.5 Å². The van der Waals surface area contributed by atoms with Crippen LogP contribution in [0.1, 0.15) is 39.0 Å². The van der Waals surface area contributed by atoms with Gasteiger partial charge in [0.05, 0.1) is 5.60 Å². The summed E-state index contributed by atoms with van der Waals surface area (Å²) in [6.07, 6.45) is 0.445. The van der Waals surface area contributed by atoms with E-state index in [4.69, 9.17) is 4.74 Å². The first-order valence-corrected chi connectivity index (χ1v) is 7.20. The summed E-state index contributed by atoms with van der Waals surface area (Å²) in [6, 6.07) is 0. The van der Waals surface area contributed by atoms with Crippen LogP contribution >= 0.6 is 22.6 Å². The summed E-state index contributed by atoms with van der Waals surface area (Å²) in [4.78, 5) is 0. The van der Waals surface area contributed by atoms with Crippen molar-refractivity contribution in [1.82, 2.24) is 0 Å². The van der Waals surface area contributed by atoms with Crippen LogP contribution in [-0.4, -0.2) is 22.8 Å². The third-order valence-electron chi connectivity index (χ3n) is 3.38. The SMILES string of the molecule is CCC1CCC(CI)(OCC(F)(F)F)CC1. The standard InChI is InChI=1S/C11H18F3IO/c1-2-9-3-5-10(7-15,6-4-9)16-8-11(12,13)14/h9H,2-8H2,1H3. The molecular weight excluding hydrogens is 332 g/mol. The Morgan fingerprint density at radius 2 is 1.88 bits per heavy atom. The van der Waals surface area contributed by atoms with E-state index in [0.29, 0.717) is 10.3 Å². The highest BCUT2D eigenvalue weighted by molar-refractivity contribution is 14.1. The Bertz CT molecular complexity index is 210. The van der Waals surface area contributed by atoms with Crippen molar-refractivity contribution >= 4 is 22.6 Å². The zero-order valence-electron chi connectivity index (χ0n) is 9.45. The molecule has 0 unspecified atom stereocenters. The topological polar surface area (TPSA) is 9.23 Å². The second kappa shape index (κ2) is 5.89. The molecule has 1 fully saturated rings. The molecule has 0 N–H and O–H groups in total. The van der Waals surface area contributed by atoms with Gasteiger partial charge >= 0.3 is 6.18 Å². The number of hydrogen-bond donors (Lipinski definition) is 0. The van der Waals surface area contributed by atoms with Crippen LogP contribution in [0.2, 0.25) is 0 Å². The van der Waals surface area contributed by atoms with E-state index in [1.807, 2.05) is 0 Å². The average molecular weight is 350 g/mol. The Labute approximate surface area is 108 Å². The summed E-state index contributed by atoms with van der Waals surface area (Å²) in [5, 5.41) is 0. The lowest BCUT2D eigenvalue weighted by atomic mass is 9.79. The van der Waals surface area contributed by atoms with Gasteiger partial charge in [0, 0.05) is 4.43 Å². The van der Waals surface area contributed by atoms with Crippen LogP contribution in [0.15, 0.2) is 0 Å². The van der Waals surface area contributed by atoms with Gasteiger partial charge in [-0.05, 0) is 31.6 Å². The fraction of sp³-hybridized carbons (Fsp3) is 1.00. The molecule has 16 heavy (non-hydrogen) atoms. The van der Waals surface area contributed by atoms with Crippen LogP contribution < -0.4 is 0 Å². The maximum Gasteiger partial charge on any atom is 0.411 e. The van der Waals surface area contributed by atoms with Gasteiger partial charge in [-0.1, -0.05) is 35.9 Å². The van der Waals surface area contributed by atoms with Crippen LogP contribution in [0.5, 0.6) is 0 Å². The van der Waals surface area contributed by atoms with Gasteiger partial charge < -0.3 is 4.74 Å². The molecule has 1 nitrogen and oxygen atoms in total. The molecule has 0 aromatic heterocycles. The number of halogens is 4. The van der Waals surface area contributed by atoms with Crippen molar-refractivity contribution in [3.63, 3.8) is 0 Å². The molecule has 5 heteroatoms. The minimum absolute atomic E-state index is 0.526. The molecule has 96 valence electrons. The van der Waals surface area contributed by atoms with Gasteiger partial charge in [-0.25, -0.2) is 0 Å². The molecule has 0 aromatic rings. The van der Waals surface area contributed by atoms with E-state index >= 15 is 0 Å². The van der Waals surface area contributed by atoms with E-state index in [0.717, 1.165) is 32.1 Å². The molecule has 0 saturated heterocycles. The van der Waals surface area contributed by atoms with Gasteiger partial charge in [0.15, 0.2) is 0 Å². The normalized spacial score (nSPS) is 31.7. The lowest BCUT2D eigenvalue weighted by Crippen LogP contribution is -2.41. The summed E-state index contributed by atoms with van der Waals surface area (Å²) >= 11 is 2.14. The summed E-state index contributed by atoms with van der Waals surface area (Å²) in [5.41, 5.74) is -0.526. The van der Waals surface area contributed by atoms with Crippen molar-refractivity contribution in [2.75, 3.05) is 11.0 Å². The monoisotopic (exact) mass is 350 g/mol. The van der Waals surface area contributed by atoms with Crippen LogP contribution in [0.3, 0.4) is 0 Å². The van der Waals surface area contributed by atoms with E-state index in [1.54, 1.807) is 0 Å². The smallest absolute Gasteiger partial charge is 0.365 e. The van der Waals surface area contributed by atoms with Crippen molar-refractivity contribution in [2.24, 2.45) is 5.92 Å². The molecule has 1 rings (SSSR count). The Morgan fingerprint density at radius 3 is 2.25 bits per heavy atom. The van der Waals surface area contributed by atoms with Gasteiger partial charge in [-0.15, -0.1) is 0 Å². The van der Waals surface area contributed by atoms with Crippen LogP contribution in [-0.2, 0) is 4.74 Å². The highest BCUT2D eigenvalue weighted by atomic mass is 127. The van der Waals surface area contributed by atoms with Crippen LogP contribution in [0.25, 0.3) is 0 Å². The Morgan fingerprint density at radius 1 is 1.31 bits per heavy atom. The maximum atomic E-state index is 12.1. The summed E-state index contributed by atoms with van der Waals surface area (Å²) in [5.74, 6) is 0.672. The van der Waals surface area contributed by atoms with Crippen molar-refractivity contribution in [3.05, 3.63) is 0 Å². The highest BCUT2D eigenvalue weighted by Gasteiger charge is 2.39. The largest absolute Gasteiger partial charge is 0.411 e. The molecule has 0 bridgehead atoms. The molecule has 0 heterocycles. The van der Waals surface area contributed by atoms with Gasteiger partial charge in [0.25, 0.3) is 0 Å². The zero-order chi connectivity index (χ0) is 12.2. The quantitative estimate of drug-likeness (QED) is 0.541. The predicted molar refractivity (Wildman–Crippen MR) is 65.9 cm³/mol. The van der Waals surface area contributed by atoms with E-state index in [1.165, 1.54) is 0 Å². The summed E-state index contributed by atoms with van der Waals surface area (Å²) in [6.45, 7) is 1.03. The third kappa shape index (κ3) is 4.39. The van der Waals surface area contributed by atoms with Gasteiger partial charge in [0.2, 0.25) is 0 Å². The Balaban J connectivity index is 2.46. The van der Waals surface area contributed by atoms with E-state index in [9.17, 15) is 13.2 Å². The molecule has 0 aromatic carbocycles. The molecule has 1 aliphatic carbocycles. The van der Waals surface area contributed by atoms with Crippen LogP contribution in [0, 0.1) is 5.92 Å². The molecule has 0 radical (unpaired) electrons. The number of hydrogen-bond acceptors (Lipinski definition) is 1. The average Bonchev–Trinajstić information content (AvgIpc) is 2.26. The fourth-order valence-corrected chi connectivity index (χ4v) is 3.15. The highest BCUT2D eigenvalue weighted by Crippen LogP contribution is 2.38. The van der Waals surface area contributed by atoms with Crippen molar-refractivity contribution in [2.45, 2.75) is 50.8 Å². The lowest BCUT2D eigenvalue weighted by molar-refractivity contribution is -0.207. The molecule has 1 saturated carbocycles.